The van der Waals surface area contributed by atoms with E-state index in [1.54, 1.807) is 47.8 Å². The van der Waals surface area contributed by atoms with Gasteiger partial charge in [-0.1, -0.05) is 35.0 Å². The van der Waals surface area contributed by atoms with Gasteiger partial charge in [0.25, 0.3) is 5.56 Å². The SMILES string of the molecule is COc1ccc(CN(c2ccon2)S(=O)c2ccc3c(-c4cc(F)c(Cl)cc4OC)nn(C)c(=O)c3c2)cc1. The fourth-order valence-electron chi connectivity index (χ4n) is 4.10. The Balaban J connectivity index is 1.61. The minimum absolute atomic E-state index is 0.104. The Morgan fingerprint density at radius 1 is 1.05 bits per heavy atom. The van der Waals surface area contributed by atoms with Crippen LogP contribution in [0.1, 0.15) is 5.56 Å². The predicted octanol–water partition coefficient (Wildman–Crippen LogP) is 5.13. The van der Waals surface area contributed by atoms with Gasteiger partial charge in [0.1, 0.15) is 29.3 Å². The van der Waals surface area contributed by atoms with Gasteiger partial charge in [-0.3, -0.25) is 9.10 Å². The molecule has 0 aliphatic heterocycles. The fraction of sp³-hybridized carbons (Fsp3) is 0.148. The molecule has 0 bridgehead atoms. The first kappa shape index (κ1) is 26.4. The lowest BCUT2D eigenvalue weighted by molar-refractivity contribution is 0.414. The van der Waals surface area contributed by atoms with Crippen molar-refractivity contribution in [2.24, 2.45) is 7.05 Å². The monoisotopic (exact) mass is 568 g/mol. The zero-order valence-corrected chi connectivity index (χ0v) is 22.6. The Bertz CT molecular complexity index is 1740. The Labute approximate surface area is 229 Å². The molecule has 5 aromatic rings. The van der Waals surface area contributed by atoms with E-state index >= 15 is 0 Å². The number of benzene rings is 3. The summed E-state index contributed by atoms with van der Waals surface area (Å²) in [5, 5.41) is 8.91. The van der Waals surface area contributed by atoms with Crippen molar-refractivity contribution in [3.8, 4) is 22.8 Å². The second-order valence-corrected chi connectivity index (χ2v) is 10.3. The van der Waals surface area contributed by atoms with Crippen molar-refractivity contribution in [2.45, 2.75) is 11.4 Å². The van der Waals surface area contributed by atoms with Crippen molar-refractivity contribution in [2.75, 3.05) is 18.5 Å². The van der Waals surface area contributed by atoms with Crippen molar-refractivity contribution in [1.82, 2.24) is 14.9 Å². The lowest BCUT2D eigenvalue weighted by Crippen LogP contribution is -2.26. The maximum atomic E-state index is 14.4. The largest absolute Gasteiger partial charge is 0.497 e. The van der Waals surface area contributed by atoms with E-state index in [1.807, 2.05) is 12.1 Å². The van der Waals surface area contributed by atoms with Crippen molar-refractivity contribution in [3.63, 3.8) is 0 Å². The molecule has 5 rings (SSSR count). The second-order valence-electron chi connectivity index (χ2n) is 8.44. The minimum atomic E-state index is -1.78. The fourth-order valence-corrected chi connectivity index (χ4v) is 5.45. The highest BCUT2D eigenvalue weighted by Gasteiger charge is 2.22. The Morgan fingerprint density at radius 2 is 1.82 bits per heavy atom. The summed E-state index contributed by atoms with van der Waals surface area (Å²) in [4.78, 5) is 13.5. The highest BCUT2D eigenvalue weighted by molar-refractivity contribution is 7.86. The van der Waals surface area contributed by atoms with Gasteiger partial charge in [-0.2, -0.15) is 5.10 Å². The summed E-state index contributed by atoms with van der Waals surface area (Å²) in [5.74, 6) is 0.683. The number of halogens is 2. The standard InChI is InChI=1S/C27H22ClFN4O5S/c1-32-27(34)20-12-18(8-9-19(20)26(30-32)21-13-23(29)22(28)14-24(21)37-3)39(35)33(25-10-11-38-31-25)15-16-4-6-17(36-2)7-5-16/h4-14H,15H2,1-3H3. The van der Waals surface area contributed by atoms with E-state index in [2.05, 4.69) is 10.3 Å². The number of hydrogen-bond acceptors (Lipinski definition) is 7. The molecule has 0 aliphatic carbocycles. The van der Waals surface area contributed by atoms with E-state index < -0.39 is 22.4 Å². The number of hydrogen-bond donors (Lipinski definition) is 0. The third kappa shape index (κ3) is 5.10. The molecule has 0 saturated carbocycles. The molecule has 0 N–H and O–H groups in total. The van der Waals surface area contributed by atoms with Crippen LogP contribution in [0.15, 0.2) is 81.1 Å². The number of anilines is 1. The molecule has 1 unspecified atom stereocenters. The number of aryl methyl sites for hydroxylation is 1. The van der Waals surface area contributed by atoms with Crippen molar-refractivity contribution in [3.05, 3.63) is 93.7 Å². The second kappa shape index (κ2) is 10.9. The lowest BCUT2D eigenvalue weighted by Gasteiger charge is -2.21. The van der Waals surface area contributed by atoms with Crippen molar-refractivity contribution in [1.29, 1.82) is 0 Å². The summed E-state index contributed by atoms with van der Waals surface area (Å²) in [6.45, 7) is 0.238. The molecule has 9 nitrogen and oxygen atoms in total. The van der Waals surface area contributed by atoms with Gasteiger partial charge in [0, 0.05) is 30.1 Å². The first-order valence-corrected chi connectivity index (χ1v) is 13.1. The molecule has 0 amide bonds. The maximum Gasteiger partial charge on any atom is 0.274 e. The van der Waals surface area contributed by atoms with Gasteiger partial charge in [-0.05, 0) is 35.9 Å². The number of rotatable bonds is 8. The maximum absolute atomic E-state index is 14.4. The molecular formula is C27H22ClFN4O5S. The smallest absolute Gasteiger partial charge is 0.274 e. The van der Waals surface area contributed by atoms with Crippen LogP contribution in [0.25, 0.3) is 22.0 Å². The van der Waals surface area contributed by atoms with Crippen LogP contribution in [0.5, 0.6) is 11.5 Å². The normalized spacial score (nSPS) is 11.9. The van der Waals surface area contributed by atoms with E-state index in [9.17, 15) is 13.4 Å². The number of aromatic nitrogens is 3. The molecule has 3 aromatic carbocycles. The van der Waals surface area contributed by atoms with Crippen LogP contribution in [0.3, 0.4) is 0 Å². The van der Waals surface area contributed by atoms with Crippen LogP contribution < -0.4 is 19.3 Å². The summed E-state index contributed by atoms with van der Waals surface area (Å²) in [6, 6.07) is 16.3. The van der Waals surface area contributed by atoms with E-state index in [4.69, 9.17) is 25.6 Å². The molecular weight excluding hydrogens is 547 g/mol. The molecule has 12 heteroatoms. The van der Waals surface area contributed by atoms with Crippen LogP contribution >= 0.6 is 11.6 Å². The Kier molecular flexibility index (Phi) is 7.36. The van der Waals surface area contributed by atoms with E-state index in [1.165, 1.54) is 32.6 Å². The number of fused-ring (bicyclic) bond motifs is 1. The zero-order chi connectivity index (χ0) is 27.7. The number of nitrogens with zero attached hydrogens (tertiary/aromatic N) is 4. The van der Waals surface area contributed by atoms with Crippen molar-refractivity contribution >= 4 is 39.2 Å². The zero-order valence-electron chi connectivity index (χ0n) is 21.1. The molecule has 2 aromatic heterocycles. The molecule has 0 aliphatic rings. The summed E-state index contributed by atoms with van der Waals surface area (Å²) in [6.07, 6.45) is 1.39. The average Bonchev–Trinajstić information content (AvgIpc) is 3.49. The average molecular weight is 569 g/mol. The Morgan fingerprint density at radius 3 is 2.49 bits per heavy atom. The first-order valence-electron chi connectivity index (χ1n) is 11.6. The molecule has 0 spiro atoms. The van der Waals surface area contributed by atoms with Gasteiger partial charge in [-0.15, -0.1) is 0 Å². The Hall–Kier alpha value is -4.22. The highest BCUT2D eigenvalue weighted by atomic mass is 35.5. The van der Waals surface area contributed by atoms with Crippen LogP contribution in [-0.2, 0) is 24.6 Å². The first-order chi connectivity index (χ1) is 18.8. The van der Waals surface area contributed by atoms with Crippen LogP contribution in [0.2, 0.25) is 5.02 Å². The molecule has 0 fully saturated rings. The summed E-state index contributed by atoms with van der Waals surface area (Å²) >= 11 is 5.94. The van der Waals surface area contributed by atoms with E-state index in [0.717, 1.165) is 10.2 Å². The van der Waals surface area contributed by atoms with E-state index in [0.29, 0.717) is 38.9 Å². The highest BCUT2D eigenvalue weighted by Crippen LogP contribution is 2.36. The van der Waals surface area contributed by atoms with Gasteiger partial charge in [-0.25, -0.2) is 13.3 Å². The van der Waals surface area contributed by atoms with Gasteiger partial charge in [0.05, 0.1) is 36.1 Å². The molecule has 0 radical (unpaired) electrons. The number of ether oxygens (including phenoxy) is 2. The van der Waals surface area contributed by atoms with E-state index in [-0.39, 0.29) is 17.0 Å². The lowest BCUT2D eigenvalue weighted by atomic mass is 10.0. The quantitative estimate of drug-likeness (QED) is 0.256. The van der Waals surface area contributed by atoms with Crippen molar-refractivity contribution < 1.29 is 22.6 Å². The van der Waals surface area contributed by atoms with Crippen LogP contribution in [-0.4, -0.2) is 33.4 Å². The predicted molar refractivity (Wildman–Crippen MR) is 146 cm³/mol. The third-order valence-corrected chi connectivity index (χ3v) is 7.75. The van der Waals surface area contributed by atoms with Crippen LogP contribution in [0.4, 0.5) is 10.2 Å². The molecule has 1 atom stereocenters. The molecule has 39 heavy (non-hydrogen) atoms. The van der Waals surface area contributed by atoms with Gasteiger partial charge < -0.3 is 14.0 Å². The number of methoxy groups -OCH3 is 2. The van der Waals surface area contributed by atoms with Crippen LogP contribution in [0, 0.1) is 5.82 Å². The molecule has 200 valence electrons. The third-order valence-electron chi connectivity index (χ3n) is 6.08. The molecule has 0 saturated heterocycles. The van der Waals surface area contributed by atoms with Gasteiger partial charge in [0.2, 0.25) is 0 Å². The minimum Gasteiger partial charge on any atom is -0.497 e. The topological polar surface area (TPSA) is 99.7 Å². The van der Waals surface area contributed by atoms with Gasteiger partial charge >= 0.3 is 0 Å². The molecule has 2 heterocycles. The summed E-state index contributed by atoms with van der Waals surface area (Å²) < 4.78 is 46.6. The summed E-state index contributed by atoms with van der Waals surface area (Å²) in [5.41, 5.74) is 1.07. The summed E-state index contributed by atoms with van der Waals surface area (Å²) in [7, 11) is 2.71. The van der Waals surface area contributed by atoms with Gasteiger partial charge in [0.15, 0.2) is 16.8 Å².